The molecule has 1 heterocycles. The number of aliphatic carboxylic acids is 1. The Morgan fingerprint density at radius 2 is 1.42 bits per heavy atom. The number of unbranched alkanes of at least 4 members (excludes halogenated alkanes) is 1. The highest BCUT2D eigenvalue weighted by molar-refractivity contribution is 5.64. The van der Waals surface area contributed by atoms with Crippen LogP contribution in [-0.4, -0.2) is 59.3 Å². The number of aromatic nitrogens is 1. The van der Waals surface area contributed by atoms with Crippen molar-refractivity contribution in [3.63, 3.8) is 0 Å². The minimum absolute atomic E-state index is 0.0832. The van der Waals surface area contributed by atoms with Gasteiger partial charge in [0.1, 0.15) is 6.54 Å². The van der Waals surface area contributed by atoms with Crippen LogP contribution in [0.2, 0.25) is 0 Å². The first-order valence-corrected chi connectivity index (χ1v) is 9.06. The summed E-state index contributed by atoms with van der Waals surface area (Å²) in [6, 6.07) is 6.17. The third-order valence-electron chi connectivity index (χ3n) is 3.17. The van der Waals surface area contributed by atoms with E-state index in [0.717, 1.165) is 6.54 Å². The molecule has 1 aromatic rings. The number of nitrogens with zero attached hydrogens (tertiary/aromatic N) is 1. The van der Waals surface area contributed by atoms with Gasteiger partial charge in [-0.3, -0.25) is 0 Å². The highest BCUT2D eigenvalue weighted by Crippen LogP contribution is 1.86. The summed E-state index contributed by atoms with van der Waals surface area (Å²) >= 11 is 0. The SMILES string of the molecule is CCCC[n+]1ccccc1.COCCOCCOCCOCCC(=O)[O-]. The molecule has 0 fully saturated rings. The van der Waals surface area contributed by atoms with Crippen LogP contribution in [0.1, 0.15) is 26.2 Å². The number of ether oxygens (including phenoxy) is 4. The van der Waals surface area contributed by atoms with E-state index < -0.39 is 5.97 Å². The molecular formula is C19H33NO6. The maximum absolute atomic E-state index is 10.0. The molecular weight excluding hydrogens is 338 g/mol. The van der Waals surface area contributed by atoms with Crippen molar-refractivity contribution in [1.29, 1.82) is 0 Å². The van der Waals surface area contributed by atoms with E-state index in [9.17, 15) is 9.90 Å². The van der Waals surface area contributed by atoms with Crippen LogP contribution in [0.5, 0.6) is 0 Å². The van der Waals surface area contributed by atoms with E-state index in [4.69, 9.17) is 18.9 Å². The minimum atomic E-state index is -1.10. The molecule has 0 atom stereocenters. The second-order valence-corrected chi connectivity index (χ2v) is 5.42. The van der Waals surface area contributed by atoms with Crippen LogP contribution < -0.4 is 9.67 Å². The Labute approximate surface area is 156 Å². The second kappa shape index (κ2) is 19.8. The largest absolute Gasteiger partial charge is 0.550 e. The van der Waals surface area contributed by atoms with Crippen LogP contribution in [-0.2, 0) is 30.3 Å². The first-order chi connectivity index (χ1) is 12.7. The van der Waals surface area contributed by atoms with Gasteiger partial charge in [-0.05, 0) is 0 Å². The molecule has 0 saturated carbocycles. The summed E-state index contributed by atoms with van der Waals surface area (Å²) in [4.78, 5) is 10.0. The summed E-state index contributed by atoms with van der Waals surface area (Å²) in [6.07, 6.45) is 6.67. The lowest BCUT2D eigenvalue weighted by atomic mass is 10.3. The summed E-state index contributed by atoms with van der Waals surface area (Å²) in [5.74, 6) is -1.10. The van der Waals surface area contributed by atoms with Crippen molar-refractivity contribution in [2.75, 3.05) is 53.4 Å². The number of carbonyl (C=O) groups excluding carboxylic acids is 1. The third kappa shape index (κ3) is 18.8. The summed E-state index contributed by atoms with van der Waals surface area (Å²) in [6.45, 7) is 6.48. The first kappa shape index (κ1) is 24.5. The second-order valence-electron chi connectivity index (χ2n) is 5.42. The number of carboxylic acid groups (broad SMARTS) is 1. The van der Waals surface area contributed by atoms with Gasteiger partial charge in [0.2, 0.25) is 0 Å². The van der Waals surface area contributed by atoms with Crippen molar-refractivity contribution in [2.24, 2.45) is 0 Å². The van der Waals surface area contributed by atoms with Gasteiger partial charge in [0, 0.05) is 38.1 Å². The van der Waals surface area contributed by atoms with E-state index in [1.165, 1.54) is 12.8 Å². The van der Waals surface area contributed by atoms with Gasteiger partial charge >= 0.3 is 0 Å². The predicted octanol–water partition coefficient (Wildman–Crippen LogP) is 0.597. The number of carbonyl (C=O) groups is 1. The minimum Gasteiger partial charge on any atom is -0.550 e. The molecule has 1 aromatic heterocycles. The Balaban J connectivity index is 0.000000531. The zero-order valence-corrected chi connectivity index (χ0v) is 16.1. The molecule has 7 heteroatoms. The summed E-state index contributed by atoms with van der Waals surface area (Å²) in [5, 5.41) is 10.0. The fourth-order valence-corrected chi connectivity index (χ4v) is 1.76. The average Bonchev–Trinajstić information content (AvgIpc) is 2.65. The number of rotatable bonds is 15. The molecule has 0 N–H and O–H groups in total. The number of methoxy groups -OCH3 is 1. The molecule has 26 heavy (non-hydrogen) atoms. The number of aryl methyl sites for hydroxylation is 1. The van der Waals surface area contributed by atoms with Crippen molar-refractivity contribution in [2.45, 2.75) is 32.7 Å². The molecule has 0 amide bonds. The van der Waals surface area contributed by atoms with Gasteiger partial charge in [-0.2, -0.15) is 0 Å². The maximum Gasteiger partial charge on any atom is 0.168 e. The summed E-state index contributed by atoms with van der Waals surface area (Å²) < 4.78 is 22.3. The molecule has 0 saturated heterocycles. The highest BCUT2D eigenvalue weighted by atomic mass is 16.6. The normalized spacial score (nSPS) is 10.2. The molecule has 1 rings (SSSR count). The standard InChI is InChI=1S/C10H20O6.C9H14N/c1-13-4-5-15-8-9-16-7-6-14-3-2-10(11)12;1-2-3-7-10-8-5-4-6-9-10/h2-9H2,1H3,(H,11,12);4-6,8-9H,2-3,7H2,1H3/q;+1/p-1. The summed E-state index contributed by atoms with van der Waals surface area (Å²) in [7, 11) is 1.61. The molecule has 150 valence electrons. The van der Waals surface area contributed by atoms with Gasteiger partial charge in [-0.15, -0.1) is 0 Å². The number of carboxylic acids is 1. The summed E-state index contributed by atoms with van der Waals surface area (Å²) in [5.41, 5.74) is 0. The molecule has 0 aliphatic carbocycles. The Morgan fingerprint density at radius 1 is 0.885 bits per heavy atom. The van der Waals surface area contributed by atoms with Crippen LogP contribution in [0.3, 0.4) is 0 Å². The number of pyridine rings is 1. The van der Waals surface area contributed by atoms with Crippen molar-refractivity contribution in [3.05, 3.63) is 30.6 Å². The number of hydrogen-bond acceptors (Lipinski definition) is 6. The van der Waals surface area contributed by atoms with Crippen LogP contribution in [0.4, 0.5) is 0 Å². The van der Waals surface area contributed by atoms with E-state index in [0.29, 0.717) is 39.6 Å². The Bertz CT molecular complexity index is 416. The smallest absolute Gasteiger partial charge is 0.168 e. The van der Waals surface area contributed by atoms with Crippen LogP contribution >= 0.6 is 0 Å². The lowest BCUT2D eigenvalue weighted by molar-refractivity contribution is -0.697. The molecule has 0 spiro atoms. The first-order valence-electron chi connectivity index (χ1n) is 9.06. The molecule has 7 nitrogen and oxygen atoms in total. The van der Waals surface area contributed by atoms with E-state index in [2.05, 4.69) is 36.0 Å². The molecule has 0 radical (unpaired) electrons. The zero-order chi connectivity index (χ0) is 19.3. The van der Waals surface area contributed by atoms with Crippen LogP contribution in [0.25, 0.3) is 0 Å². The molecule has 0 aromatic carbocycles. The zero-order valence-electron chi connectivity index (χ0n) is 16.1. The van der Waals surface area contributed by atoms with Crippen molar-refractivity contribution < 1.29 is 33.4 Å². The molecule has 0 aliphatic heterocycles. The lowest BCUT2D eigenvalue weighted by Gasteiger charge is -2.06. The number of hydrogen-bond donors (Lipinski definition) is 0. The quantitative estimate of drug-likeness (QED) is 0.332. The monoisotopic (exact) mass is 371 g/mol. The molecule has 0 aliphatic rings. The van der Waals surface area contributed by atoms with Crippen LogP contribution in [0, 0.1) is 0 Å². The van der Waals surface area contributed by atoms with Gasteiger partial charge < -0.3 is 28.8 Å². The maximum atomic E-state index is 10.0. The van der Waals surface area contributed by atoms with Crippen molar-refractivity contribution in [3.8, 4) is 0 Å². The fraction of sp³-hybridized carbons (Fsp3) is 0.684. The van der Waals surface area contributed by atoms with E-state index in [1.54, 1.807) is 7.11 Å². The van der Waals surface area contributed by atoms with Gasteiger partial charge in [-0.25, -0.2) is 4.57 Å². The van der Waals surface area contributed by atoms with Gasteiger partial charge in [0.05, 0.1) is 46.2 Å². The lowest BCUT2D eigenvalue weighted by Crippen LogP contribution is -2.31. The third-order valence-corrected chi connectivity index (χ3v) is 3.17. The van der Waals surface area contributed by atoms with E-state index in [-0.39, 0.29) is 13.0 Å². The van der Waals surface area contributed by atoms with E-state index in [1.807, 2.05) is 6.07 Å². The van der Waals surface area contributed by atoms with Gasteiger partial charge in [-0.1, -0.05) is 19.4 Å². The van der Waals surface area contributed by atoms with Crippen LogP contribution in [0.15, 0.2) is 30.6 Å². The Hall–Kier alpha value is -1.54. The average molecular weight is 371 g/mol. The van der Waals surface area contributed by atoms with E-state index >= 15 is 0 Å². The Morgan fingerprint density at radius 3 is 1.92 bits per heavy atom. The highest BCUT2D eigenvalue weighted by Gasteiger charge is 1.93. The molecule has 0 unspecified atom stereocenters. The van der Waals surface area contributed by atoms with Crippen molar-refractivity contribution in [1.82, 2.24) is 0 Å². The molecule has 0 bridgehead atoms. The fourth-order valence-electron chi connectivity index (χ4n) is 1.76. The van der Waals surface area contributed by atoms with Gasteiger partial charge in [0.15, 0.2) is 12.4 Å². The van der Waals surface area contributed by atoms with Crippen molar-refractivity contribution >= 4 is 5.97 Å². The van der Waals surface area contributed by atoms with Gasteiger partial charge in [0.25, 0.3) is 0 Å². The topological polar surface area (TPSA) is 80.9 Å². The Kier molecular flexibility index (Phi) is 18.6. The predicted molar refractivity (Wildman–Crippen MR) is 95.5 cm³/mol.